The van der Waals surface area contributed by atoms with Gasteiger partial charge in [-0.05, 0) is 6.08 Å². The maximum Gasteiger partial charge on any atom is 0.269 e. The molecule has 0 saturated carbocycles. The van der Waals surface area contributed by atoms with Crippen molar-refractivity contribution in [3.05, 3.63) is 70.2 Å². The fourth-order valence-corrected chi connectivity index (χ4v) is 3.24. The SMILES string of the molecule is NC(=O)/C=C/c1c[nH]c2ncc(-c3ccc(C(=O)c4cnc(F)s4)cc3)nc12. The summed E-state index contributed by atoms with van der Waals surface area (Å²) in [7, 11) is 0. The molecule has 0 aliphatic carbocycles. The lowest BCUT2D eigenvalue weighted by Crippen LogP contribution is -2.05. The summed E-state index contributed by atoms with van der Waals surface area (Å²) in [6.45, 7) is 0. The molecule has 4 aromatic rings. The summed E-state index contributed by atoms with van der Waals surface area (Å²) < 4.78 is 13.0. The number of benzene rings is 1. The molecule has 0 aliphatic heterocycles. The molecule has 4 rings (SSSR count). The second-order valence-corrected chi connectivity index (χ2v) is 6.80. The molecule has 0 atom stereocenters. The van der Waals surface area contributed by atoms with Crippen LogP contribution in [0, 0.1) is 5.26 Å². The van der Waals surface area contributed by atoms with Gasteiger partial charge in [-0.15, -0.1) is 0 Å². The Morgan fingerprint density at radius 1 is 1.14 bits per heavy atom. The van der Waals surface area contributed by atoms with E-state index in [0.717, 1.165) is 5.56 Å². The van der Waals surface area contributed by atoms with E-state index >= 15 is 0 Å². The second kappa shape index (κ2) is 7.12. The molecule has 1 aromatic carbocycles. The maximum atomic E-state index is 13.0. The monoisotopic (exact) mass is 393 g/mol. The minimum absolute atomic E-state index is 0.240. The van der Waals surface area contributed by atoms with Gasteiger partial charge in [-0.3, -0.25) is 9.59 Å². The van der Waals surface area contributed by atoms with Gasteiger partial charge in [-0.25, -0.2) is 15.0 Å². The van der Waals surface area contributed by atoms with Crippen molar-refractivity contribution in [1.82, 2.24) is 19.9 Å². The van der Waals surface area contributed by atoms with Crippen LogP contribution in [0.25, 0.3) is 28.5 Å². The number of fused-ring (bicyclic) bond motifs is 1. The van der Waals surface area contributed by atoms with E-state index in [1.165, 1.54) is 12.3 Å². The van der Waals surface area contributed by atoms with Crippen LogP contribution in [0.4, 0.5) is 4.39 Å². The van der Waals surface area contributed by atoms with E-state index in [-0.39, 0.29) is 10.7 Å². The lowest BCUT2D eigenvalue weighted by Gasteiger charge is -2.03. The van der Waals surface area contributed by atoms with Crippen molar-refractivity contribution in [1.29, 1.82) is 0 Å². The Morgan fingerprint density at radius 2 is 1.93 bits per heavy atom. The third-order valence-electron chi connectivity index (χ3n) is 3.98. The van der Waals surface area contributed by atoms with Crippen molar-refractivity contribution >= 4 is 40.3 Å². The number of nitrogens with two attached hydrogens (primary N) is 1. The van der Waals surface area contributed by atoms with Gasteiger partial charge in [0.05, 0.1) is 23.0 Å². The Hall–Kier alpha value is -3.72. The van der Waals surface area contributed by atoms with Gasteiger partial charge in [-0.2, -0.15) is 4.39 Å². The Kier molecular flexibility index (Phi) is 4.50. The number of H-pyrrole nitrogens is 1. The Balaban J connectivity index is 1.65. The van der Waals surface area contributed by atoms with E-state index in [9.17, 15) is 14.0 Å². The molecule has 3 N–H and O–H groups in total. The summed E-state index contributed by atoms with van der Waals surface area (Å²) in [6, 6.07) is 6.77. The van der Waals surface area contributed by atoms with E-state index in [2.05, 4.69) is 19.9 Å². The summed E-state index contributed by atoms with van der Waals surface area (Å²) in [5.74, 6) is -0.849. The number of carbonyl (C=O) groups excluding carboxylic acids is 2. The fraction of sp³-hybridized carbons (Fsp3) is 0. The van der Waals surface area contributed by atoms with Gasteiger partial charge < -0.3 is 10.7 Å². The molecule has 0 spiro atoms. The zero-order valence-electron chi connectivity index (χ0n) is 14.2. The van der Waals surface area contributed by atoms with E-state index in [1.54, 1.807) is 42.7 Å². The molecule has 3 heterocycles. The van der Waals surface area contributed by atoms with Crippen molar-refractivity contribution < 1.29 is 14.0 Å². The number of hydrogen-bond donors (Lipinski definition) is 2. The lowest BCUT2D eigenvalue weighted by atomic mass is 10.1. The molecule has 0 radical (unpaired) electrons. The number of nitrogens with zero attached hydrogens (tertiary/aromatic N) is 3. The topological polar surface area (TPSA) is 115 Å². The molecule has 0 saturated heterocycles. The first-order valence-corrected chi connectivity index (χ1v) is 8.91. The molecular weight excluding hydrogens is 381 g/mol. The van der Waals surface area contributed by atoms with Crippen molar-refractivity contribution in [3.8, 4) is 11.3 Å². The van der Waals surface area contributed by atoms with Crippen molar-refractivity contribution in [2.75, 3.05) is 0 Å². The number of nitrogens with one attached hydrogen (secondary N) is 1. The molecule has 9 heteroatoms. The van der Waals surface area contributed by atoms with Crippen molar-refractivity contribution in [2.45, 2.75) is 0 Å². The van der Waals surface area contributed by atoms with Crippen LogP contribution in [0.5, 0.6) is 0 Å². The third-order valence-corrected chi connectivity index (χ3v) is 4.77. The molecule has 28 heavy (non-hydrogen) atoms. The maximum absolute atomic E-state index is 13.0. The molecule has 7 nitrogen and oxygen atoms in total. The molecular formula is C19H12FN5O2S. The zero-order valence-corrected chi connectivity index (χ0v) is 15.0. The highest BCUT2D eigenvalue weighted by Gasteiger charge is 2.14. The number of carbonyl (C=O) groups is 2. The van der Waals surface area contributed by atoms with E-state index < -0.39 is 11.2 Å². The first kappa shape index (κ1) is 17.7. The highest BCUT2D eigenvalue weighted by molar-refractivity contribution is 7.12. The van der Waals surface area contributed by atoms with Crippen LogP contribution in [0.2, 0.25) is 0 Å². The smallest absolute Gasteiger partial charge is 0.269 e. The van der Waals surface area contributed by atoms with Crippen LogP contribution in [-0.4, -0.2) is 31.6 Å². The first-order valence-electron chi connectivity index (χ1n) is 8.09. The Morgan fingerprint density at radius 3 is 2.61 bits per heavy atom. The standard InChI is InChI=1S/C19H12FN5O2S/c20-19-24-9-14(28-19)17(27)11-3-1-10(2-4-11)13-8-23-18-16(25-13)12(7-22-18)5-6-15(21)26/h1-9H,(H2,21,26)(H,22,23)/b6-5+. The van der Waals surface area contributed by atoms with Crippen LogP contribution in [-0.2, 0) is 4.79 Å². The van der Waals surface area contributed by atoms with Gasteiger partial charge in [0.15, 0.2) is 5.65 Å². The molecule has 1 amide bonds. The normalized spacial score (nSPS) is 11.3. The number of hydrogen-bond acceptors (Lipinski definition) is 6. The van der Waals surface area contributed by atoms with Gasteiger partial charge in [0.2, 0.25) is 11.7 Å². The number of aromatic amines is 1. The van der Waals surface area contributed by atoms with E-state index in [4.69, 9.17) is 5.73 Å². The Labute approximate surface area is 161 Å². The highest BCUT2D eigenvalue weighted by atomic mass is 32.1. The number of thiazole rings is 1. The van der Waals surface area contributed by atoms with E-state index in [0.29, 0.717) is 39.3 Å². The van der Waals surface area contributed by atoms with Gasteiger partial charge in [-0.1, -0.05) is 35.6 Å². The lowest BCUT2D eigenvalue weighted by molar-refractivity contribution is -0.113. The fourth-order valence-electron chi connectivity index (χ4n) is 2.64. The van der Waals surface area contributed by atoms with Crippen LogP contribution >= 0.6 is 11.3 Å². The average molecular weight is 393 g/mol. The quantitative estimate of drug-likeness (QED) is 0.400. The highest BCUT2D eigenvalue weighted by Crippen LogP contribution is 2.23. The van der Waals surface area contributed by atoms with Crippen LogP contribution in [0.1, 0.15) is 20.8 Å². The molecule has 0 bridgehead atoms. The number of halogens is 1. The van der Waals surface area contributed by atoms with E-state index in [1.807, 2.05) is 0 Å². The summed E-state index contributed by atoms with van der Waals surface area (Å²) in [6.07, 6.45) is 7.33. The minimum Gasteiger partial charge on any atom is -0.366 e. The molecule has 0 fully saturated rings. The first-order chi connectivity index (χ1) is 13.5. The predicted octanol–water partition coefficient (Wildman–Crippen LogP) is 2.95. The van der Waals surface area contributed by atoms with Gasteiger partial charge in [0.25, 0.3) is 5.26 Å². The molecule has 3 aromatic heterocycles. The second-order valence-electron chi connectivity index (χ2n) is 5.82. The molecule has 138 valence electrons. The molecule has 0 unspecified atom stereocenters. The average Bonchev–Trinajstić information content (AvgIpc) is 3.31. The summed E-state index contributed by atoms with van der Waals surface area (Å²) in [5, 5.41) is -0.642. The van der Waals surface area contributed by atoms with Crippen LogP contribution in [0.15, 0.2) is 48.9 Å². The largest absolute Gasteiger partial charge is 0.366 e. The summed E-state index contributed by atoms with van der Waals surface area (Å²) in [4.78, 5) is 38.9. The number of amides is 1. The number of rotatable bonds is 5. The van der Waals surface area contributed by atoms with Crippen LogP contribution in [0.3, 0.4) is 0 Å². The summed E-state index contributed by atoms with van der Waals surface area (Å²) in [5.41, 5.74) is 8.77. The Bertz CT molecular complexity index is 1230. The van der Waals surface area contributed by atoms with Gasteiger partial charge in [0, 0.05) is 29.0 Å². The number of aromatic nitrogens is 4. The van der Waals surface area contributed by atoms with Gasteiger partial charge in [0.1, 0.15) is 5.52 Å². The minimum atomic E-state index is -0.642. The number of ketones is 1. The van der Waals surface area contributed by atoms with Crippen molar-refractivity contribution in [2.24, 2.45) is 5.73 Å². The van der Waals surface area contributed by atoms with Gasteiger partial charge >= 0.3 is 0 Å². The van der Waals surface area contributed by atoms with Crippen molar-refractivity contribution in [3.63, 3.8) is 0 Å². The predicted molar refractivity (Wildman–Crippen MR) is 103 cm³/mol. The zero-order chi connectivity index (χ0) is 19.7. The van der Waals surface area contributed by atoms with Crippen LogP contribution < -0.4 is 5.73 Å². The summed E-state index contributed by atoms with van der Waals surface area (Å²) >= 11 is 0.709. The third kappa shape index (κ3) is 3.42. The molecule has 0 aliphatic rings. The number of primary amides is 1.